The summed E-state index contributed by atoms with van der Waals surface area (Å²) in [6.07, 6.45) is 0.715. The fourth-order valence-corrected chi connectivity index (χ4v) is 3.63. The van der Waals surface area contributed by atoms with Crippen molar-refractivity contribution in [2.75, 3.05) is 45.8 Å². The van der Waals surface area contributed by atoms with Crippen molar-refractivity contribution >= 4 is 5.78 Å². The number of hydrogen-bond donors (Lipinski definition) is 3. The van der Waals surface area contributed by atoms with Crippen molar-refractivity contribution in [2.24, 2.45) is 5.41 Å². The maximum atomic E-state index is 12.5. The molecular formula is C18H33N3O3. The van der Waals surface area contributed by atoms with Gasteiger partial charge in [-0.2, -0.15) is 0 Å². The largest absolute Gasteiger partial charge is 0.512 e. The summed E-state index contributed by atoms with van der Waals surface area (Å²) >= 11 is 0. The molecule has 1 fully saturated rings. The van der Waals surface area contributed by atoms with Gasteiger partial charge in [0.1, 0.15) is 12.0 Å². The van der Waals surface area contributed by atoms with Crippen LogP contribution in [0.5, 0.6) is 0 Å². The van der Waals surface area contributed by atoms with E-state index in [2.05, 4.69) is 17.1 Å². The van der Waals surface area contributed by atoms with Crippen LogP contribution in [0, 0.1) is 5.41 Å². The Hall–Kier alpha value is -0.950. The Bertz CT molecular complexity index is 470. The van der Waals surface area contributed by atoms with Gasteiger partial charge in [0.2, 0.25) is 0 Å². The lowest BCUT2D eigenvalue weighted by molar-refractivity contribution is -0.121. The second kappa shape index (κ2) is 8.43. The van der Waals surface area contributed by atoms with Crippen molar-refractivity contribution in [3.63, 3.8) is 0 Å². The second-order valence-corrected chi connectivity index (χ2v) is 7.80. The minimum absolute atomic E-state index is 0.0621. The molecule has 138 valence electrons. The molecule has 0 saturated carbocycles. The summed E-state index contributed by atoms with van der Waals surface area (Å²) in [7, 11) is 0. The van der Waals surface area contributed by atoms with Crippen LogP contribution in [0.2, 0.25) is 0 Å². The molecule has 24 heavy (non-hydrogen) atoms. The summed E-state index contributed by atoms with van der Waals surface area (Å²) in [6.45, 7) is 12.3. The van der Waals surface area contributed by atoms with Crippen molar-refractivity contribution < 1.29 is 15.0 Å². The Morgan fingerprint density at radius 2 is 1.92 bits per heavy atom. The summed E-state index contributed by atoms with van der Waals surface area (Å²) in [5.74, 6) is -0.0634. The quantitative estimate of drug-likeness (QED) is 0.604. The van der Waals surface area contributed by atoms with E-state index in [9.17, 15) is 15.0 Å². The number of carbonyl (C=O) groups excluding carboxylic acids is 1. The number of nitrogens with zero attached hydrogens (tertiary/aromatic N) is 2. The number of nitrogens with one attached hydrogen (secondary N) is 1. The third-order valence-electron chi connectivity index (χ3n) is 4.92. The predicted molar refractivity (Wildman–Crippen MR) is 94.9 cm³/mol. The summed E-state index contributed by atoms with van der Waals surface area (Å²) in [5, 5.41) is 24.4. The first-order chi connectivity index (χ1) is 11.3. The van der Waals surface area contributed by atoms with E-state index in [0.29, 0.717) is 25.9 Å². The van der Waals surface area contributed by atoms with E-state index in [1.807, 2.05) is 18.7 Å². The molecule has 6 nitrogen and oxygen atoms in total. The van der Waals surface area contributed by atoms with Crippen LogP contribution < -0.4 is 5.32 Å². The van der Waals surface area contributed by atoms with Gasteiger partial charge < -0.3 is 15.5 Å². The molecule has 0 aromatic carbocycles. The Morgan fingerprint density at radius 3 is 2.50 bits per heavy atom. The highest BCUT2D eigenvalue weighted by molar-refractivity contribution is 5.98. The van der Waals surface area contributed by atoms with Crippen LogP contribution in [0.4, 0.5) is 0 Å². The van der Waals surface area contributed by atoms with Crippen LogP contribution in [-0.4, -0.2) is 77.8 Å². The number of Topliss-reactive ketones (excluding diaryl/α,β-unsaturated/α-hetero) is 1. The van der Waals surface area contributed by atoms with E-state index in [-0.39, 0.29) is 22.5 Å². The molecule has 3 N–H and O–H groups in total. The van der Waals surface area contributed by atoms with E-state index in [4.69, 9.17) is 0 Å². The van der Waals surface area contributed by atoms with Crippen LogP contribution in [-0.2, 0) is 4.79 Å². The molecule has 6 heteroatoms. The maximum Gasteiger partial charge on any atom is 0.166 e. The monoisotopic (exact) mass is 339 g/mol. The molecule has 0 amide bonds. The molecule has 1 heterocycles. The Kier molecular flexibility index (Phi) is 6.80. The van der Waals surface area contributed by atoms with E-state index in [1.54, 1.807) is 0 Å². The number of carbonyl (C=O) groups is 1. The zero-order valence-electron chi connectivity index (χ0n) is 15.3. The molecule has 0 aromatic heterocycles. The zero-order valence-corrected chi connectivity index (χ0v) is 15.3. The predicted octanol–water partition coefficient (Wildman–Crippen LogP) is 1.12. The molecular weight excluding hydrogens is 306 g/mol. The molecule has 0 unspecified atom stereocenters. The topological polar surface area (TPSA) is 76.0 Å². The Morgan fingerprint density at radius 1 is 1.25 bits per heavy atom. The number of aliphatic hydroxyl groups excluding tert-OH is 2. The highest BCUT2D eigenvalue weighted by atomic mass is 16.3. The van der Waals surface area contributed by atoms with Gasteiger partial charge in [-0.25, -0.2) is 0 Å². The minimum Gasteiger partial charge on any atom is -0.512 e. The number of aliphatic hydroxyl groups is 2. The zero-order chi connectivity index (χ0) is 17.7. The van der Waals surface area contributed by atoms with Crippen molar-refractivity contribution in [2.45, 2.75) is 46.3 Å². The van der Waals surface area contributed by atoms with E-state index in [1.165, 1.54) is 0 Å². The van der Waals surface area contributed by atoms with Gasteiger partial charge in [0.05, 0.1) is 5.57 Å². The lowest BCUT2D eigenvalue weighted by Gasteiger charge is -2.36. The summed E-state index contributed by atoms with van der Waals surface area (Å²) < 4.78 is 0. The van der Waals surface area contributed by atoms with Gasteiger partial charge >= 0.3 is 0 Å². The van der Waals surface area contributed by atoms with Crippen LogP contribution in [0.15, 0.2) is 11.3 Å². The molecule has 2 rings (SSSR count). The van der Waals surface area contributed by atoms with Crippen molar-refractivity contribution in [3.8, 4) is 0 Å². The average molecular weight is 339 g/mol. The SMILES string of the molecule is CCCN(CCN1CCNCC1)[C@@H](O)C1=C(O)CC(C)(C)CC1=O. The summed E-state index contributed by atoms with van der Waals surface area (Å²) in [5.41, 5.74) is -0.0242. The first kappa shape index (κ1) is 19.4. The van der Waals surface area contributed by atoms with Crippen molar-refractivity contribution in [1.82, 2.24) is 15.1 Å². The smallest absolute Gasteiger partial charge is 0.166 e. The van der Waals surface area contributed by atoms with Crippen LogP contribution in [0.25, 0.3) is 0 Å². The molecule has 0 spiro atoms. The van der Waals surface area contributed by atoms with Gasteiger partial charge in [0, 0.05) is 58.7 Å². The van der Waals surface area contributed by atoms with Gasteiger partial charge in [-0.15, -0.1) is 0 Å². The molecule has 2 aliphatic rings. The molecule has 0 radical (unpaired) electrons. The second-order valence-electron chi connectivity index (χ2n) is 7.80. The number of ketones is 1. The van der Waals surface area contributed by atoms with Gasteiger partial charge in [0.25, 0.3) is 0 Å². The minimum atomic E-state index is -1.00. The molecule has 1 aliphatic heterocycles. The lowest BCUT2D eigenvalue weighted by atomic mass is 9.76. The van der Waals surface area contributed by atoms with Gasteiger partial charge in [0.15, 0.2) is 5.78 Å². The fourth-order valence-electron chi connectivity index (χ4n) is 3.63. The van der Waals surface area contributed by atoms with Gasteiger partial charge in [-0.05, 0) is 11.8 Å². The van der Waals surface area contributed by atoms with Crippen LogP contribution in [0.3, 0.4) is 0 Å². The molecule has 0 aromatic rings. The number of piperazine rings is 1. The first-order valence-corrected chi connectivity index (χ1v) is 9.14. The lowest BCUT2D eigenvalue weighted by Crippen LogP contribution is -2.49. The number of rotatable bonds is 7. The van der Waals surface area contributed by atoms with Crippen LogP contribution >= 0.6 is 0 Å². The molecule has 1 saturated heterocycles. The Balaban J connectivity index is 2.04. The number of allylic oxidation sites excluding steroid dienone is 1. The van der Waals surface area contributed by atoms with E-state index in [0.717, 1.165) is 39.1 Å². The summed E-state index contributed by atoms with van der Waals surface area (Å²) in [6, 6.07) is 0. The normalized spacial score (nSPS) is 23.8. The highest BCUT2D eigenvalue weighted by Gasteiger charge is 2.37. The molecule has 1 atom stereocenters. The van der Waals surface area contributed by atoms with E-state index >= 15 is 0 Å². The van der Waals surface area contributed by atoms with Crippen molar-refractivity contribution in [1.29, 1.82) is 0 Å². The fraction of sp³-hybridized carbons (Fsp3) is 0.833. The number of hydrogen-bond acceptors (Lipinski definition) is 6. The van der Waals surface area contributed by atoms with Crippen molar-refractivity contribution in [3.05, 3.63) is 11.3 Å². The highest BCUT2D eigenvalue weighted by Crippen LogP contribution is 2.37. The standard InChI is InChI=1S/C18H33N3O3/c1-4-7-21(11-10-20-8-5-19-6-9-20)17(24)16-14(22)12-18(2,3)13-15(16)23/h17,19,22,24H,4-13H2,1-3H3/t17-/m0/s1. The summed E-state index contributed by atoms with van der Waals surface area (Å²) in [4.78, 5) is 16.7. The molecule has 0 bridgehead atoms. The first-order valence-electron chi connectivity index (χ1n) is 9.14. The van der Waals surface area contributed by atoms with Crippen LogP contribution in [0.1, 0.15) is 40.0 Å². The Labute approximate surface area is 145 Å². The van der Waals surface area contributed by atoms with Gasteiger partial charge in [-0.1, -0.05) is 20.8 Å². The van der Waals surface area contributed by atoms with Gasteiger partial charge in [-0.3, -0.25) is 14.6 Å². The third-order valence-corrected chi connectivity index (χ3v) is 4.92. The molecule has 1 aliphatic carbocycles. The average Bonchev–Trinajstić information content (AvgIpc) is 2.50. The third kappa shape index (κ3) is 5.02. The maximum absolute atomic E-state index is 12.5. The van der Waals surface area contributed by atoms with E-state index < -0.39 is 6.23 Å².